The van der Waals surface area contributed by atoms with E-state index in [9.17, 15) is 13.2 Å². The van der Waals surface area contributed by atoms with Crippen LogP contribution in [-0.4, -0.2) is 42.6 Å². The molecule has 0 bridgehead atoms. The minimum absolute atomic E-state index is 0.140. The third-order valence-corrected chi connectivity index (χ3v) is 8.10. The summed E-state index contributed by atoms with van der Waals surface area (Å²) in [6, 6.07) is 19.8. The predicted molar refractivity (Wildman–Crippen MR) is 128 cm³/mol. The van der Waals surface area contributed by atoms with Crippen molar-refractivity contribution in [2.45, 2.75) is 63.7 Å². The van der Waals surface area contributed by atoms with Crippen molar-refractivity contribution in [3.05, 3.63) is 71.8 Å². The third kappa shape index (κ3) is 7.17. The van der Waals surface area contributed by atoms with Crippen LogP contribution < -0.4 is 0 Å². The van der Waals surface area contributed by atoms with Crippen LogP contribution in [0.3, 0.4) is 0 Å². The molecule has 0 N–H and O–H groups in total. The summed E-state index contributed by atoms with van der Waals surface area (Å²) in [6.45, 7) is 6.38. The van der Waals surface area contributed by atoms with E-state index in [1.54, 1.807) is 25.1 Å². The van der Waals surface area contributed by atoms with Crippen molar-refractivity contribution < 1.29 is 17.9 Å². The van der Waals surface area contributed by atoms with E-state index in [4.69, 9.17) is 4.74 Å². The van der Waals surface area contributed by atoms with Gasteiger partial charge in [0, 0.05) is 13.1 Å². The van der Waals surface area contributed by atoms with Gasteiger partial charge in [-0.25, -0.2) is 12.7 Å². The van der Waals surface area contributed by atoms with Gasteiger partial charge in [-0.1, -0.05) is 60.7 Å². The Morgan fingerprint density at radius 3 is 2.03 bits per heavy atom. The molecule has 32 heavy (non-hydrogen) atoms. The fraction of sp³-hybridized carbons (Fsp3) is 0.500. The van der Waals surface area contributed by atoms with E-state index in [1.165, 1.54) is 5.56 Å². The molecule has 2 aromatic rings. The first-order valence-corrected chi connectivity index (χ1v) is 12.9. The lowest BCUT2D eigenvalue weighted by Gasteiger charge is -2.34. The molecule has 0 amide bonds. The van der Waals surface area contributed by atoms with Gasteiger partial charge < -0.3 is 4.74 Å². The number of piperidine rings is 1. The molecule has 0 aromatic heterocycles. The molecule has 1 aliphatic rings. The van der Waals surface area contributed by atoms with Crippen LogP contribution in [0, 0.1) is 5.92 Å². The second-order valence-corrected chi connectivity index (χ2v) is 11.9. The van der Waals surface area contributed by atoms with Crippen molar-refractivity contribution in [1.29, 1.82) is 0 Å². The first-order valence-electron chi connectivity index (χ1n) is 11.4. The zero-order valence-electron chi connectivity index (χ0n) is 19.4. The molecule has 3 rings (SSSR count). The third-order valence-electron chi connectivity index (χ3n) is 5.84. The van der Waals surface area contributed by atoms with Gasteiger partial charge in [0.25, 0.3) is 0 Å². The number of sulfonamides is 1. The van der Waals surface area contributed by atoms with Gasteiger partial charge in [0.05, 0.1) is 11.7 Å². The summed E-state index contributed by atoms with van der Waals surface area (Å²) in [5, 5.41) is -0.828. The number of hydrogen-bond acceptors (Lipinski definition) is 4. The number of ether oxygens (including phenoxy) is 1. The lowest BCUT2D eigenvalue weighted by Crippen LogP contribution is -2.45. The average Bonchev–Trinajstić information content (AvgIpc) is 2.74. The van der Waals surface area contributed by atoms with Gasteiger partial charge in [-0.2, -0.15) is 0 Å². The van der Waals surface area contributed by atoms with E-state index in [0.717, 1.165) is 24.8 Å². The summed E-state index contributed by atoms with van der Waals surface area (Å²) >= 11 is 0. The largest absolute Gasteiger partial charge is 0.460 e. The minimum atomic E-state index is -3.64. The van der Waals surface area contributed by atoms with Crippen molar-refractivity contribution in [3.63, 3.8) is 0 Å². The molecule has 0 saturated carbocycles. The van der Waals surface area contributed by atoms with Gasteiger partial charge in [0.1, 0.15) is 5.60 Å². The second-order valence-electron chi connectivity index (χ2n) is 9.68. The molecular formula is C26H35NO4S. The Morgan fingerprint density at radius 2 is 1.50 bits per heavy atom. The van der Waals surface area contributed by atoms with E-state index in [-0.39, 0.29) is 6.42 Å². The molecule has 0 radical (unpaired) electrons. The molecule has 1 fully saturated rings. The summed E-state index contributed by atoms with van der Waals surface area (Å²) in [5.41, 5.74) is 1.55. The maximum Gasteiger partial charge on any atom is 0.307 e. The van der Waals surface area contributed by atoms with Crippen LogP contribution in [0.5, 0.6) is 0 Å². The summed E-state index contributed by atoms with van der Waals surface area (Å²) in [5.74, 6) is 0.00301. The monoisotopic (exact) mass is 457 g/mol. The summed E-state index contributed by atoms with van der Waals surface area (Å²) in [6.07, 6.45) is 2.79. The summed E-state index contributed by atoms with van der Waals surface area (Å²) < 4.78 is 34.2. The van der Waals surface area contributed by atoms with Crippen LogP contribution in [0.1, 0.15) is 51.2 Å². The van der Waals surface area contributed by atoms with Gasteiger partial charge >= 0.3 is 5.97 Å². The first kappa shape index (κ1) is 24.5. The Balaban J connectivity index is 1.69. The highest BCUT2D eigenvalue weighted by Crippen LogP contribution is 2.27. The maximum atomic E-state index is 13.6. The molecular weight excluding hydrogens is 422 g/mol. The van der Waals surface area contributed by atoms with Crippen molar-refractivity contribution in [3.8, 4) is 0 Å². The van der Waals surface area contributed by atoms with Gasteiger partial charge in [-0.15, -0.1) is 0 Å². The van der Waals surface area contributed by atoms with Crippen LogP contribution in [0.25, 0.3) is 0 Å². The van der Waals surface area contributed by atoms with Crippen molar-refractivity contribution in [2.24, 2.45) is 5.92 Å². The first-order chi connectivity index (χ1) is 15.1. The molecule has 1 saturated heterocycles. The Labute approximate surface area is 192 Å². The zero-order chi connectivity index (χ0) is 23.2. The molecule has 2 aromatic carbocycles. The highest BCUT2D eigenvalue weighted by molar-refractivity contribution is 7.89. The average molecular weight is 458 g/mol. The Hall–Kier alpha value is -2.18. The van der Waals surface area contributed by atoms with Crippen molar-refractivity contribution in [2.75, 3.05) is 13.1 Å². The van der Waals surface area contributed by atoms with E-state index >= 15 is 0 Å². The summed E-state index contributed by atoms with van der Waals surface area (Å²) in [7, 11) is -3.64. The standard InChI is InChI=1S/C26H35NO4S/c1-26(2,3)31-25(28)20-24(19-22-12-8-5-9-13-22)32(29,30)27-16-14-23(15-17-27)18-21-10-6-4-7-11-21/h4-13,23-24H,14-20H2,1-3H3. The van der Waals surface area contributed by atoms with Crippen LogP contribution in [0.4, 0.5) is 0 Å². The number of carbonyl (C=O) groups is 1. The van der Waals surface area contributed by atoms with Crippen LogP contribution in [0.2, 0.25) is 0 Å². The van der Waals surface area contributed by atoms with E-state index in [0.29, 0.717) is 25.4 Å². The Kier molecular flexibility index (Phi) is 8.12. The topological polar surface area (TPSA) is 63.7 Å². The molecule has 6 heteroatoms. The van der Waals surface area contributed by atoms with E-state index < -0.39 is 26.8 Å². The van der Waals surface area contributed by atoms with Crippen LogP contribution in [0.15, 0.2) is 60.7 Å². The fourth-order valence-corrected chi connectivity index (χ4v) is 6.15. The summed E-state index contributed by atoms with van der Waals surface area (Å²) in [4.78, 5) is 12.5. The van der Waals surface area contributed by atoms with Gasteiger partial charge in [-0.05, 0) is 63.5 Å². The highest BCUT2D eigenvalue weighted by atomic mass is 32.2. The molecule has 174 valence electrons. The van der Waals surface area contributed by atoms with E-state index in [2.05, 4.69) is 12.1 Å². The minimum Gasteiger partial charge on any atom is -0.460 e. The number of carbonyl (C=O) groups excluding carboxylic acids is 1. The molecule has 1 atom stereocenters. The molecule has 0 aliphatic carbocycles. The molecule has 1 aliphatic heterocycles. The van der Waals surface area contributed by atoms with Crippen LogP contribution in [-0.2, 0) is 32.4 Å². The van der Waals surface area contributed by atoms with Crippen molar-refractivity contribution >= 4 is 16.0 Å². The number of nitrogens with zero attached hydrogens (tertiary/aromatic N) is 1. The van der Waals surface area contributed by atoms with E-state index in [1.807, 2.05) is 48.5 Å². The lowest BCUT2D eigenvalue weighted by atomic mass is 9.91. The Morgan fingerprint density at radius 1 is 0.969 bits per heavy atom. The van der Waals surface area contributed by atoms with Crippen LogP contribution >= 0.6 is 0 Å². The number of esters is 1. The number of rotatable bonds is 8. The Bertz CT molecular complexity index is 960. The van der Waals surface area contributed by atoms with Crippen molar-refractivity contribution in [1.82, 2.24) is 4.31 Å². The molecule has 0 spiro atoms. The van der Waals surface area contributed by atoms with Gasteiger partial charge in [0.2, 0.25) is 10.0 Å². The SMILES string of the molecule is CC(C)(C)OC(=O)CC(Cc1ccccc1)S(=O)(=O)N1CCC(Cc2ccccc2)CC1. The van der Waals surface area contributed by atoms with Gasteiger partial charge in [-0.3, -0.25) is 4.79 Å². The van der Waals surface area contributed by atoms with Gasteiger partial charge in [0.15, 0.2) is 0 Å². The smallest absolute Gasteiger partial charge is 0.307 e. The number of benzene rings is 2. The number of hydrogen-bond donors (Lipinski definition) is 0. The fourth-order valence-electron chi connectivity index (χ4n) is 4.25. The normalized spacial score (nSPS) is 17.1. The quantitative estimate of drug-likeness (QED) is 0.543. The highest BCUT2D eigenvalue weighted by Gasteiger charge is 2.37. The second kappa shape index (κ2) is 10.6. The predicted octanol–water partition coefficient (Wildman–Crippen LogP) is 4.61. The molecule has 1 heterocycles. The molecule has 5 nitrogen and oxygen atoms in total. The lowest BCUT2D eigenvalue weighted by molar-refractivity contribution is -0.154. The zero-order valence-corrected chi connectivity index (χ0v) is 20.2. The maximum absolute atomic E-state index is 13.6. The molecule has 1 unspecified atom stereocenters.